The van der Waals surface area contributed by atoms with Gasteiger partial charge in [0.1, 0.15) is 18.2 Å². The first-order valence-corrected chi connectivity index (χ1v) is 10.3. The molecule has 144 valence electrons. The Morgan fingerprint density at radius 3 is 2.69 bits per heavy atom. The van der Waals surface area contributed by atoms with Crippen LogP contribution in [-0.4, -0.2) is 30.4 Å². The maximum absolute atomic E-state index is 13.1. The normalized spacial score (nSPS) is 46.7. The number of nitrogens with zero attached hydrogens (tertiary/aromatic N) is 1. The van der Waals surface area contributed by atoms with Gasteiger partial charge in [0, 0.05) is 30.7 Å². The molecule has 0 aromatic carbocycles. The molecule has 0 aliphatic heterocycles. The van der Waals surface area contributed by atoms with Crippen LogP contribution in [0, 0.1) is 34.5 Å². The first-order valence-electron chi connectivity index (χ1n) is 10.3. The van der Waals surface area contributed by atoms with Crippen molar-refractivity contribution in [2.75, 3.05) is 13.2 Å². The SMILES string of the molecule is C[C@]12CC/C(=N/OCCN)C[C@H]1C(=O)C[C@@H]1[C@@H]2CC[C@]2(C)C(=O)CC[C@@H]12. The van der Waals surface area contributed by atoms with Gasteiger partial charge in [-0.05, 0) is 61.7 Å². The summed E-state index contributed by atoms with van der Waals surface area (Å²) in [6.07, 6.45) is 7.13. The summed E-state index contributed by atoms with van der Waals surface area (Å²) in [4.78, 5) is 30.9. The van der Waals surface area contributed by atoms with Crippen molar-refractivity contribution in [3.05, 3.63) is 0 Å². The van der Waals surface area contributed by atoms with E-state index in [9.17, 15) is 9.59 Å². The molecule has 2 N–H and O–H groups in total. The minimum absolute atomic E-state index is 0.0554. The number of hydrogen-bond donors (Lipinski definition) is 1. The van der Waals surface area contributed by atoms with E-state index in [-0.39, 0.29) is 16.7 Å². The first kappa shape index (κ1) is 18.1. The van der Waals surface area contributed by atoms with Gasteiger partial charge in [-0.15, -0.1) is 0 Å². The lowest BCUT2D eigenvalue weighted by Gasteiger charge is -2.58. The Kier molecular flexibility index (Phi) is 4.49. The highest BCUT2D eigenvalue weighted by Crippen LogP contribution is 2.64. The van der Waals surface area contributed by atoms with Gasteiger partial charge < -0.3 is 10.6 Å². The summed E-state index contributed by atoms with van der Waals surface area (Å²) >= 11 is 0. The van der Waals surface area contributed by atoms with Crippen LogP contribution in [0.5, 0.6) is 0 Å². The number of rotatable bonds is 3. The molecule has 26 heavy (non-hydrogen) atoms. The molecule has 4 fully saturated rings. The molecule has 0 bridgehead atoms. The van der Waals surface area contributed by atoms with Gasteiger partial charge in [0.2, 0.25) is 0 Å². The third kappa shape index (κ3) is 2.57. The van der Waals surface area contributed by atoms with Crippen molar-refractivity contribution in [3.63, 3.8) is 0 Å². The number of nitrogens with two attached hydrogens (primary N) is 1. The zero-order valence-corrected chi connectivity index (χ0v) is 16.1. The molecule has 4 aliphatic rings. The van der Waals surface area contributed by atoms with Gasteiger partial charge in [-0.1, -0.05) is 19.0 Å². The highest BCUT2D eigenvalue weighted by molar-refractivity contribution is 5.93. The molecule has 4 aliphatic carbocycles. The number of carbonyl (C=O) groups excluding carboxylic acids is 2. The molecule has 0 saturated heterocycles. The Labute approximate surface area is 156 Å². The average Bonchev–Trinajstić information content (AvgIpc) is 2.92. The van der Waals surface area contributed by atoms with Crippen molar-refractivity contribution in [1.82, 2.24) is 0 Å². The maximum atomic E-state index is 13.1. The molecule has 0 heterocycles. The molecule has 5 heteroatoms. The molecule has 0 spiro atoms. The molecular formula is C21H32N2O3. The fraction of sp³-hybridized carbons (Fsp3) is 0.857. The third-order valence-corrected chi connectivity index (χ3v) is 8.41. The van der Waals surface area contributed by atoms with Crippen LogP contribution in [0.4, 0.5) is 0 Å². The van der Waals surface area contributed by atoms with Crippen LogP contribution in [-0.2, 0) is 14.4 Å². The highest BCUT2D eigenvalue weighted by Gasteiger charge is 2.62. The fourth-order valence-corrected chi connectivity index (χ4v) is 6.89. The van der Waals surface area contributed by atoms with Gasteiger partial charge >= 0.3 is 0 Å². The van der Waals surface area contributed by atoms with Crippen LogP contribution in [0.2, 0.25) is 0 Å². The van der Waals surface area contributed by atoms with Crippen LogP contribution in [0.3, 0.4) is 0 Å². The van der Waals surface area contributed by atoms with Crippen molar-refractivity contribution in [2.45, 2.75) is 65.2 Å². The van der Waals surface area contributed by atoms with Crippen LogP contribution in [0.15, 0.2) is 5.16 Å². The summed E-state index contributed by atoms with van der Waals surface area (Å²) < 4.78 is 0. The van der Waals surface area contributed by atoms with Crippen LogP contribution in [0.25, 0.3) is 0 Å². The number of hydrogen-bond acceptors (Lipinski definition) is 5. The zero-order chi connectivity index (χ0) is 18.5. The quantitative estimate of drug-likeness (QED) is 0.619. The minimum Gasteiger partial charge on any atom is -0.395 e. The van der Waals surface area contributed by atoms with E-state index in [2.05, 4.69) is 19.0 Å². The summed E-state index contributed by atoms with van der Waals surface area (Å²) in [6.45, 7) is 5.39. The van der Waals surface area contributed by atoms with E-state index in [4.69, 9.17) is 10.6 Å². The first-order chi connectivity index (χ1) is 12.4. The summed E-state index contributed by atoms with van der Waals surface area (Å²) in [5.74, 6) is 2.29. The smallest absolute Gasteiger partial charge is 0.139 e. The predicted molar refractivity (Wildman–Crippen MR) is 99.6 cm³/mol. The summed E-state index contributed by atoms with van der Waals surface area (Å²) in [5, 5.41) is 4.25. The number of ketones is 2. The lowest BCUT2D eigenvalue weighted by atomic mass is 9.45. The van der Waals surface area contributed by atoms with E-state index in [0.717, 1.165) is 44.2 Å². The average molecular weight is 360 g/mol. The van der Waals surface area contributed by atoms with Crippen molar-refractivity contribution in [2.24, 2.45) is 45.4 Å². The lowest BCUT2D eigenvalue weighted by Crippen LogP contribution is -2.56. The van der Waals surface area contributed by atoms with Crippen molar-refractivity contribution in [3.8, 4) is 0 Å². The van der Waals surface area contributed by atoms with E-state index < -0.39 is 0 Å². The van der Waals surface area contributed by atoms with Gasteiger partial charge in [-0.2, -0.15) is 0 Å². The van der Waals surface area contributed by atoms with Crippen molar-refractivity contribution >= 4 is 17.3 Å². The largest absolute Gasteiger partial charge is 0.395 e. The Bertz CT molecular complexity index is 645. The minimum atomic E-state index is -0.165. The topological polar surface area (TPSA) is 81.8 Å². The van der Waals surface area contributed by atoms with E-state index in [1.54, 1.807) is 0 Å². The molecule has 0 unspecified atom stereocenters. The van der Waals surface area contributed by atoms with E-state index >= 15 is 0 Å². The Morgan fingerprint density at radius 2 is 1.92 bits per heavy atom. The molecule has 0 aromatic rings. The monoisotopic (exact) mass is 360 g/mol. The van der Waals surface area contributed by atoms with Crippen molar-refractivity contribution in [1.29, 1.82) is 0 Å². The fourth-order valence-electron chi connectivity index (χ4n) is 6.89. The molecule has 6 atom stereocenters. The predicted octanol–water partition coefficient (Wildman–Crippen LogP) is 3.11. The van der Waals surface area contributed by atoms with Crippen LogP contribution >= 0.6 is 0 Å². The zero-order valence-electron chi connectivity index (χ0n) is 16.1. The Hall–Kier alpha value is -1.23. The van der Waals surface area contributed by atoms with Gasteiger partial charge in [-0.25, -0.2) is 0 Å². The molecule has 0 amide bonds. The summed E-state index contributed by atoms with van der Waals surface area (Å²) in [6, 6.07) is 0. The van der Waals surface area contributed by atoms with Gasteiger partial charge in [0.15, 0.2) is 0 Å². The second-order valence-corrected chi connectivity index (χ2v) is 9.51. The number of Topliss-reactive ketones (excluding diaryl/α,β-unsaturated/α-hetero) is 2. The molecule has 4 rings (SSSR count). The van der Waals surface area contributed by atoms with Crippen LogP contribution < -0.4 is 5.73 Å². The van der Waals surface area contributed by atoms with Crippen LogP contribution in [0.1, 0.15) is 65.2 Å². The molecular weight excluding hydrogens is 328 g/mol. The lowest BCUT2D eigenvalue weighted by molar-refractivity contribution is -0.152. The number of fused-ring (bicyclic) bond motifs is 5. The second kappa shape index (κ2) is 6.43. The third-order valence-electron chi connectivity index (χ3n) is 8.41. The second-order valence-electron chi connectivity index (χ2n) is 9.51. The molecule has 0 radical (unpaired) electrons. The number of carbonyl (C=O) groups is 2. The molecule has 4 saturated carbocycles. The number of oxime groups is 1. The molecule has 5 nitrogen and oxygen atoms in total. The van der Waals surface area contributed by atoms with Gasteiger partial charge in [0.25, 0.3) is 0 Å². The maximum Gasteiger partial charge on any atom is 0.139 e. The summed E-state index contributed by atoms with van der Waals surface area (Å²) in [5.41, 5.74) is 6.37. The summed E-state index contributed by atoms with van der Waals surface area (Å²) in [7, 11) is 0. The van der Waals surface area contributed by atoms with Gasteiger partial charge in [0.05, 0.1) is 5.71 Å². The van der Waals surface area contributed by atoms with E-state index in [1.807, 2.05) is 0 Å². The highest BCUT2D eigenvalue weighted by atomic mass is 16.6. The molecule has 0 aromatic heterocycles. The van der Waals surface area contributed by atoms with E-state index in [1.165, 1.54) is 0 Å². The van der Waals surface area contributed by atoms with Crippen molar-refractivity contribution < 1.29 is 14.4 Å². The Morgan fingerprint density at radius 1 is 1.12 bits per heavy atom. The van der Waals surface area contributed by atoms with Gasteiger partial charge in [-0.3, -0.25) is 9.59 Å². The standard InChI is InChI=1S/C21H32N2O3/c1-20-7-5-13(23-26-10-9-22)11-17(20)18(24)12-14-15-3-4-19(25)21(15,2)8-6-16(14)20/h14-17H,3-12,22H2,1-2H3/b23-13-/t14-,15-,16-,17-,20+,21-/m0/s1. The Balaban J connectivity index is 1.57. The van der Waals surface area contributed by atoms with E-state index in [0.29, 0.717) is 55.3 Å².